The molecule has 2 amide bonds. The minimum Gasteiger partial charge on any atom is -0.462 e. The molecular formula is C34H39N7O4. The summed E-state index contributed by atoms with van der Waals surface area (Å²) >= 11 is 0. The topological polar surface area (TPSA) is 142 Å². The number of esters is 1. The molecule has 5 rings (SSSR count). The van der Waals surface area contributed by atoms with Crippen LogP contribution in [0.2, 0.25) is 0 Å². The Labute approximate surface area is 262 Å². The number of ether oxygens (including phenoxy) is 1. The number of rotatable bonds is 11. The van der Waals surface area contributed by atoms with Crippen molar-refractivity contribution in [1.82, 2.24) is 31.3 Å². The molecule has 2 heterocycles. The maximum atomic E-state index is 14.0. The largest absolute Gasteiger partial charge is 0.462 e. The molecule has 45 heavy (non-hydrogen) atoms. The van der Waals surface area contributed by atoms with Gasteiger partial charge in [-0.2, -0.15) is 5.21 Å². The number of hydrogen-bond acceptors (Lipinski definition) is 8. The lowest BCUT2D eigenvalue weighted by Crippen LogP contribution is -2.51. The molecule has 0 fully saturated rings. The highest BCUT2D eigenvalue weighted by molar-refractivity contribution is 6.00. The summed E-state index contributed by atoms with van der Waals surface area (Å²) in [5.74, 6) is -0.195. The molecule has 3 N–H and O–H groups in total. The molecule has 0 saturated heterocycles. The molecule has 0 radical (unpaired) electrons. The van der Waals surface area contributed by atoms with Gasteiger partial charge in [0.05, 0.1) is 6.54 Å². The number of aryl methyl sites for hydroxylation is 1. The highest BCUT2D eigenvalue weighted by Gasteiger charge is 2.33. The molecule has 234 valence electrons. The first-order valence-electron chi connectivity index (χ1n) is 15.1. The summed E-state index contributed by atoms with van der Waals surface area (Å²) in [6, 6.07) is 23.2. The van der Waals surface area contributed by atoms with Crippen LogP contribution in [0.15, 0.2) is 72.8 Å². The van der Waals surface area contributed by atoms with E-state index >= 15 is 0 Å². The van der Waals surface area contributed by atoms with Crippen molar-refractivity contribution in [2.75, 3.05) is 11.4 Å². The second-order valence-corrected chi connectivity index (χ2v) is 12.1. The van der Waals surface area contributed by atoms with E-state index < -0.39 is 11.6 Å². The first-order valence-corrected chi connectivity index (χ1v) is 15.1. The van der Waals surface area contributed by atoms with Crippen molar-refractivity contribution in [2.24, 2.45) is 0 Å². The molecule has 11 nitrogen and oxygen atoms in total. The minimum absolute atomic E-state index is 0.144. The SMILES string of the molecule is CC(=O)O[C@H](C)CNC(C)(C)CC(=O)N[C@@H]1CCc2ccccc2N(Cc2ccc(-c3ccccc3-c3nn[nH]n3)cc2)C1=O. The van der Waals surface area contributed by atoms with E-state index in [0.29, 0.717) is 31.8 Å². The average Bonchev–Trinajstić information content (AvgIpc) is 3.52. The zero-order valence-corrected chi connectivity index (χ0v) is 26.0. The number of hydrogen-bond donors (Lipinski definition) is 3. The van der Waals surface area contributed by atoms with Crippen LogP contribution in [0.4, 0.5) is 5.69 Å². The fraction of sp³-hybridized carbons (Fsp3) is 0.353. The Balaban J connectivity index is 1.30. The van der Waals surface area contributed by atoms with E-state index in [1.807, 2.05) is 86.6 Å². The van der Waals surface area contributed by atoms with Crippen LogP contribution in [-0.2, 0) is 32.1 Å². The van der Waals surface area contributed by atoms with Crippen molar-refractivity contribution in [2.45, 2.75) is 71.2 Å². The van der Waals surface area contributed by atoms with Gasteiger partial charge in [0, 0.05) is 36.7 Å². The van der Waals surface area contributed by atoms with Gasteiger partial charge in [0.2, 0.25) is 17.6 Å². The van der Waals surface area contributed by atoms with Crippen LogP contribution < -0.4 is 15.5 Å². The number of anilines is 1. The third-order valence-electron chi connectivity index (χ3n) is 7.84. The second-order valence-electron chi connectivity index (χ2n) is 12.1. The summed E-state index contributed by atoms with van der Waals surface area (Å²) in [6.07, 6.45) is 0.996. The standard InChI is InChI=1S/C34H39N7O4/c1-22(45-23(2)42)20-35-34(3,4)19-31(43)36-29-18-17-26-9-5-8-12-30(26)41(33(29)44)21-24-13-15-25(16-14-24)27-10-6-7-11-28(27)32-37-39-40-38-32/h5-16,22,29,35H,17-21H2,1-4H3,(H,36,43)(H,37,38,39,40)/t22-,29-/m1/s1. The Bertz CT molecular complexity index is 1640. The summed E-state index contributed by atoms with van der Waals surface area (Å²) in [4.78, 5) is 40.2. The zero-order chi connectivity index (χ0) is 32.0. The number of carbonyl (C=O) groups is 3. The van der Waals surface area contributed by atoms with Crippen LogP contribution in [0.25, 0.3) is 22.5 Å². The number of fused-ring (bicyclic) bond motifs is 1. The molecule has 0 saturated carbocycles. The van der Waals surface area contributed by atoms with E-state index in [4.69, 9.17) is 4.74 Å². The summed E-state index contributed by atoms with van der Waals surface area (Å²) in [5.41, 5.74) is 5.14. The average molecular weight is 610 g/mol. The Morgan fingerprint density at radius 1 is 1.04 bits per heavy atom. The molecule has 0 unspecified atom stereocenters. The molecule has 1 aromatic heterocycles. The van der Waals surface area contributed by atoms with Gasteiger partial charge >= 0.3 is 5.97 Å². The van der Waals surface area contributed by atoms with Crippen molar-refractivity contribution >= 4 is 23.5 Å². The van der Waals surface area contributed by atoms with Crippen molar-refractivity contribution < 1.29 is 19.1 Å². The molecule has 0 bridgehead atoms. The monoisotopic (exact) mass is 609 g/mol. The highest BCUT2D eigenvalue weighted by atomic mass is 16.5. The van der Waals surface area contributed by atoms with Crippen molar-refractivity contribution in [3.05, 3.63) is 83.9 Å². The number of benzene rings is 3. The number of carbonyl (C=O) groups excluding carboxylic acids is 3. The van der Waals surface area contributed by atoms with Gasteiger partial charge in [-0.05, 0) is 67.1 Å². The molecule has 11 heteroatoms. The first kappa shape index (κ1) is 31.5. The lowest BCUT2D eigenvalue weighted by molar-refractivity contribution is -0.145. The summed E-state index contributed by atoms with van der Waals surface area (Å²) < 4.78 is 5.18. The van der Waals surface area contributed by atoms with E-state index in [1.165, 1.54) is 6.92 Å². The smallest absolute Gasteiger partial charge is 0.302 e. The fourth-order valence-electron chi connectivity index (χ4n) is 5.64. The van der Waals surface area contributed by atoms with Gasteiger partial charge in [-0.25, -0.2) is 0 Å². The highest BCUT2D eigenvalue weighted by Crippen LogP contribution is 2.32. The van der Waals surface area contributed by atoms with Gasteiger partial charge in [-0.3, -0.25) is 14.4 Å². The van der Waals surface area contributed by atoms with Crippen LogP contribution in [-0.4, -0.2) is 62.6 Å². The van der Waals surface area contributed by atoms with E-state index in [9.17, 15) is 14.4 Å². The molecule has 1 aliphatic heterocycles. The normalized spacial score (nSPS) is 15.6. The van der Waals surface area contributed by atoms with Gasteiger partial charge in [0.15, 0.2) is 0 Å². The molecule has 2 atom stereocenters. The Morgan fingerprint density at radius 2 is 1.76 bits per heavy atom. The summed E-state index contributed by atoms with van der Waals surface area (Å²) in [5, 5.41) is 20.8. The second kappa shape index (κ2) is 13.8. The molecule has 0 aliphatic carbocycles. The third-order valence-corrected chi connectivity index (χ3v) is 7.84. The van der Waals surface area contributed by atoms with Gasteiger partial charge in [0.25, 0.3) is 0 Å². The maximum Gasteiger partial charge on any atom is 0.302 e. The van der Waals surface area contributed by atoms with E-state index in [-0.39, 0.29) is 30.3 Å². The summed E-state index contributed by atoms with van der Waals surface area (Å²) in [7, 11) is 0. The number of tetrazole rings is 1. The lowest BCUT2D eigenvalue weighted by Gasteiger charge is -2.29. The predicted octanol–water partition coefficient (Wildman–Crippen LogP) is 4.21. The van der Waals surface area contributed by atoms with E-state index in [0.717, 1.165) is 33.5 Å². The Morgan fingerprint density at radius 3 is 2.47 bits per heavy atom. The van der Waals surface area contributed by atoms with E-state index in [2.05, 4.69) is 31.3 Å². The third kappa shape index (κ3) is 7.98. The number of amides is 2. The van der Waals surface area contributed by atoms with Crippen LogP contribution in [0, 0.1) is 0 Å². The first-order chi connectivity index (χ1) is 21.6. The Kier molecular flexibility index (Phi) is 9.68. The lowest BCUT2D eigenvalue weighted by atomic mass is 9.98. The molecule has 1 aliphatic rings. The van der Waals surface area contributed by atoms with Crippen molar-refractivity contribution in [3.8, 4) is 22.5 Å². The van der Waals surface area contributed by atoms with Crippen LogP contribution in [0.3, 0.4) is 0 Å². The van der Waals surface area contributed by atoms with Gasteiger partial charge < -0.3 is 20.3 Å². The quantitative estimate of drug-likeness (QED) is 0.215. The minimum atomic E-state index is -0.665. The number of aromatic nitrogens is 4. The number of aromatic amines is 1. The van der Waals surface area contributed by atoms with Crippen molar-refractivity contribution in [1.29, 1.82) is 0 Å². The van der Waals surface area contributed by atoms with Crippen LogP contribution in [0.5, 0.6) is 0 Å². The molecule has 3 aromatic carbocycles. The molecule has 4 aromatic rings. The van der Waals surface area contributed by atoms with Gasteiger partial charge in [-0.1, -0.05) is 66.7 Å². The van der Waals surface area contributed by atoms with Crippen molar-refractivity contribution in [3.63, 3.8) is 0 Å². The van der Waals surface area contributed by atoms with E-state index in [1.54, 1.807) is 11.8 Å². The van der Waals surface area contributed by atoms with Gasteiger partial charge in [-0.15, -0.1) is 10.2 Å². The van der Waals surface area contributed by atoms with Crippen LogP contribution >= 0.6 is 0 Å². The fourth-order valence-corrected chi connectivity index (χ4v) is 5.64. The van der Waals surface area contributed by atoms with Crippen LogP contribution in [0.1, 0.15) is 51.7 Å². The zero-order valence-electron chi connectivity index (χ0n) is 26.0. The maximum absolute atomic E-state index is 14.0. The Hall–Kier alpha value is -4.90. The number of nitrogens with one attached hydrogen (secondary N) is 3. The number of para-hydroxylation sites is 1. The molecular weight excluding hydrogens is 570 g/mol. The molecule has 0 spiro atoms. The number of H-pyrrole nitrogens is 1. The van der Waals surface area contributed by atoms with Gasteiger partial charge in [0.1, 0.15) is 12.1 Å². The number of nitrogens with zero attached hydrogens (tertiary/aromatic N) is 4. The summed E-state index contributed by atoms with van der Waals surface area (Å²) in [6.45, 7) is 7.75. The predicted molar refractivity (Wildman–Crippen MR) is 171 cm³/mol.